The topological polar surface area (TPSA) is 54.3 Å². The molecule has 0 bridgehead atoms. The van der Waals surface area contributed by atoms with Crippen molar-refractivity contribution in [3.8, 4) is 5.69 Å². The van der Waals surface area contributed by atoms with E-state index in [1.165, 1.54) is 6.07 Å². The number of aromatic nitrogens is 1. The first-order valence-corrected chi connectivity index (χ1v) is 10.2. The number of carbonyl (C=O) groups is 2. The second-order valence-corrected chi connectivity index (χ2v) is 8.05. The zero-order chi connectivity index (χ0) is 22.3. The van der Waals surface area contributed by atoms with Gasteiger partial charge in [0, 0.05) is 22.6 Å². The van der Waals surface area contributed by atoms with Crippen molar-refractivity contribution in [3.63, 3.8) is 0 Å². The normalized spacial score (nSPS) is 15.1. The van der Waals surface area contributed by atoms with Crippen LogP contribution >= 0.6 is 23.2 Å². The van der Waals surface area contributed by atoms with Crippen LogP contribution in [0.2, 0.25) is 10.0 Å². The standard InChI is InChI=1S/C23H18Cl2FN3O2/c1-13-9-16(14(2)29(13)17-7-8-18(24)19(25)11-17)10-21-22(30)28(23(31)27-21)12-15-5-3-4-6-20(15)26/h3-11H,12H2,1-2H3,(H,27,31)/b21-10-. The van der Waals surface area contributed by atoms with E-state index < -0.39 is 17.8 Å². The fraction of sp³-hybridized carbons (Fsp3) is 0.130. The minimum atomic E-state index is -0.585. The summed E-state index contributed by atoms with van der Waals surface area (Å²) in [6.07, 6.45) is 1.62. The Labute approximate surface area is 188 Å². The molecule has 4 rings (SSSR count). The van der Waals surface area contributed by atoms with Gasteiger partial charge in [-0.25, -0.2) is 9.18 Å². The molecule has 2 heterocycles. The van der Waals surface area contributed by atoms with E-state index in [0.29, 0.717) is 10.0 Å². The fourth-order valence-electron chi connectivity index (χ4n) is 3.62. The van der Waals surface area contributed by atoms with Crippen LogP contribution in [0.4, 0.5) is 9.18 Å². The number of aryl methyl sites for hydroxylation is 1. The molecule has 1 N–H and O–H groups in total. The number of nitrogens with zero attached hydrogens (tertiary/aromatic N) is 2. The van der Waals surface area contributed by atoms with E-state index in [4.69, 9.17) is 23.2 Å². The van der Waals surface area contributed by atoms with Gasteiger partial charge in [-0.3, -0.25) is 9.69 Å². The number of imide groups is 1. The summed E-state index contributed by atoms with van der Waals surface area (Å²) >= 11 is 12.2. The van der Waals surface area contributed by atoms with Gasteiger partial charge in [0.25, 0.3) is 5.91 Å². The zero-order valence-electron chi connectivity index (χ0n) is 16.7. The number of urea groups is 1. The van der Waals surface area contributed by atoms with Gasteiger partial charge >= 0.3 is 6.03 Å². The number of amides is 3. The van der Waals surface area contributed by atoms with E-state index in [9.17, 15) is 14.0 Å². The van der Waals surface area contributed by atoms with Gasteiger partial charge < -0.3 is 9.88 Å². The molecule has 3 amide bonds. The Bertz CT molecular complexity index is 1250. The molecule has 0 spiro atoms. The molecule has 0 saturated carbocycles. The lowest BCUT2D eigenvalue weighted by Crippen LogP contribution is -2.30. The van der Waals surface area contributed by atoms with Crippen LogP contribution in [-0.4, -0.2) is 21.4 Å². The van der Waals surface area contributed by atoms with Crippen LogP contribution in [0.3, 0.4) is 0 Å². The van der Waals surface area contributed by atoms with E-state index in [1.54, 1.807) is 36.4 Å². The van der Waals surface area contributed by atoms with Crippen LogP contribution in [0.5, 0.6) is 0 Å². The van der Waals surface area contributed by atoms with Gasteiger partial charge in [0.1, 0.15) is 11.5 Å². The van der Waals surface area contributed by atoms with Gasteiger partial charge in [-0.05, 0) is 55.8 Å². The first-order valence-electron chi connectivity index (χ1n) is 9.48. The second-order valence-electron chi connectivity index (χ2n) is 7.23. The molecule has 8 heteroatoms. The Kier molecular flexibility index (Phi) is 5.60. The number of rotatable bonds is 4. The highest BCUT2D eigenvalue weighted by Crippen LogP contribution is 2.29. The molecule has 3 aromatic rings. The van der Waals surface area contributed by atoms with Crippen molar-refractivity contribution in [1.29, 1.82) is 0 Å². The average molecular weight is 458 g/mol. The van der Waals surface area contributed by atoms with Crippen molar-refractivity contribution in [2.45, 2.75) is 20.4 Å². The van der Waals surface area contributed by atoms with E-state index in [-0.39, 0.29) is 17.8 Å². The highest BCUT2D eigenvalue weighted by molar-refractivity contribution is 6.42. The summed E-state index contributed by atoms with van der Waals surface area (Å²) < 4.78 is 15.9. The SMILES string of the molecule is Cc1cc(/C=C2\NC(=O)N(Cc3ccccc3F)C2=O)c(C)n1-c1ccc(Cl)c(Cl)c1. The lowest BCUT2D eigenvalue weighted by atomic mass is 10.2. The first kappa shape index (κ1) is 21.2. The minimum absolute atomic E-state index is 0.135. The lowest BCUT2D eigenvalue weighted by Gasteiger charge is -2.12. The van der Waals surface area contributed by atoms with Gasteiger partial charge in [0.2, 0.25) is 0 Å². The summed E-state index contributed by atoms with van der Waals surface area (Å²) in [7, 11) is 0. The van der Waals surface area contributed by atoms with Crippen molar-refractivity contribution in [2.75, 3.05) is 0 Å². The maximum atomic E-state index is 14.0. The molecule has 1 fully saturated rings. The van der Waals surface area contributed by atoms with Crippen molar-refractivity contribution in [3.05, 3.63) is 92.6 Å². The van der Waals surface area contributed by atoms with E-state index in [2.05, 4.69) is 5.32 Å². The molecule has 1 aromatic heterocycles. The van der Waals surface area contributed by atoms with Gasteiger partial charge in [-0.15, -0.1) is 0 Å². The van der Waals surface area contributed by atoms with Crippen molar-refractivity contribution in [1.82, 2.24) is 14.8 Å². The third-order valence-electron chi connectivity index (χ3n) is 5.18. The van der Waals surface area contributed by atoms with Gasteiger partial charge in [-0.1, -0.05) is 41.4 Å². The molecule has 158 valence electrons. The Morgan fingerprint density at radius 3 is 2.48 bits per heavy atom. The quantitative estimate of drug-likeness (QED) is 0.407. The highest BCUT2D eigenvalue weighted by atomic mass is 35.5. The summed E-state index contributed by atoms with van der Waals surface area (Å²) in [5.74, 6) is -0.974. The van der Waals surface area contributed by atoms with Crippen molar-refractivity contribution in [2.24, 2.45) is 0 Å². The van der Waals surface area contributed by atoms with Gasteiger partial charge in [0.05, 0.1) is 16.6 Å². The maximum absolute atomic E-state index is 14.0. The smallest absolute Gasteiger partial charge is 0.318 e. The minimum Gasteiger partial charge on any atom is -0.318 e. The zero-order valence-corrected chi connectivity index (χ0v) is 18.3. The molecule has 0 unspecified atom stereocenters. The molecule has 1 saturated heterocycles. The Morgan fingerprint density at radius 1 is 1.03 bits per heavy atom. The predicted octanol–water partition coefficient (Wildman–Crippen LogP) is 5.63. The molecule has 2 aromatic carbocycles. The molecule has 0 aliphatic carbocycles. The van der Waals surface area contributed by atoms with Gasteiger partial charge in [0.15, 0.2) is 0 Å². The first-order chi connectivity index (χ1) is 14.8. The largest absolute Gasteiger partial charge is 0.329 e. The third-order valence-corrected chi connectivity index (χ3v) is 5.92. The summed E-state index contributed by atoms with van der Waals surface area (Å²) in [6, 6.07) is 12.7. The van der Waals surface area contributed by atoms with Crippen LogP contribution in [0.25, 0.3) is 11.8 Å². The molecular formula is C23H18Cl2FN3O2. The summed E-state index contributed by atoms with van der Waals surface area (Å²) in [6.45, 7) is 3.69. The number of carbonyl (C=O) groups excluding carboxylic acids is 2. The fourth-order valence-corrected chi connectivity index (χ4v) is 3.92. The van der Waals surface area contributed by atoms with Crippen LogP contribution in [0, 0.1) is 19.7 Å². The van der Waals surface area contributed by atoms with Crippen LogP contribution in [0.15, 0.2) is 54.2 Å². The predicted molar refractivity (Wildman–Crippen MR) is 119 cm³/mol. The highest BCUT2D eigenvalue weighted by Gasteiger charge is 2.34. The summed E-state index contributed by atoms with van der Waals surface area (Å²) in [4.78, 5) is 26.1. The average Bonchev–Trinajstić information content (AvgIpc) is 3.15. The van der Waals surface area contributed by atoms with Crippen LogP contribution in [0.1, 0.15) is 22.5 Å². The second kappa shape index (κ2) is 8.21. The van der Waals surface area contributed by atoms with Crippen molar-refractivity contribution < 1.29 is 14.0 Å². The van der Waals surface area contributed by atoms with Crippen LogP contribution < -0.4 is 5.32 Å². The maximum Gasteiger partial charge on any atom is 0.329 e. The Morgan fingerprint density at radius 2 is 1.77 bits per heavy atom. The van der Waals surface area contributed by atoms with Crippen molar-refractivity contribution >= 4 is 41.2 Å². The lowest BCUT2D eigenvalue weighted by molar-refractivity contribution is -0.123. The third kappa shape index (κ3) is 3.96. The molecule has 0 radical (unpaired) electrons. The molecule has 5 nitrogen and oxygen atoms in total. The van der Waals surface area contributed by atoms with E-state index in [1.807, 2.05) is 30.5 Å². The summed E-state index contributed by atoms with van der Waals surface area (Å²) in [5.41, 5.74) is 3.78. The number of hydrogen-bond donors (Lipinski definition) is 1. The number of benzene rings is 2. The number of halogens is 3. The van der Waals surface area contributed by atoms with E-state index >= 15 is 0 Å². The molecule has 0 atom stereocenters. The number of hydrogen-bond acceptors (Lipinski definition) is 2. The van der Waals surface area contributed by atoms with Gasteiger partial charge in [-0.2, -0.15) is 0 Å². The monoisotopic (exact) mass is 457 g/mol. The molecule has 31 heavy (non-hydrogen) atoms. The Balaban J connectivity index is 1.65. The molecule has 1 aliphatic rings. The summed E-state index contributed by atoms with van der Waals surface area (Å²) in [5, 5.41) is 3.48. The van der Waals surface area contributed by atoms with Crippen LogP contribution in [-0.2, 0) is 11.3 Å². The Hall–Kier alpha value is -3.09. The molecular weight excluding hydrogens is 440 g/mol. The van der Waals surface area contributed by atoms with E-state index in [0.717, 1.165) is 27.5 Å². The molecule has 1 aliphatic heterocycles. The number of nitrogens with one attached hydrogen (secondary N) is 1.